The summed E-state index contributed by atoms with van der Waals surface area (Å²) in [4.78, 5) is 28.0. The van der Waals surface area contributed by atoms with Gasteiger partial charge < -0.3 is 0 Å². The molecule has 0 amide bonds. The number of hydrogen-bond donors (Lipinski definition) is 0. The Morgan fingerprint density at radius 2 is 0.505 bits per heavy atom. The topological polar surface area (TPSA) is 0 Å². The number of aryl methyl sites for hydroxylation is 4. The summed E-state index contributed by atoms with van der Waals surface area (Å²) >= 11 is 19.5. The minimum atomic E-state index is -2.00. The standard InChI is InChI=1S/C64H80S6Si2.C23H24S4/c1-9-12-15-18-20-23-42-71(5,6)64(72(7,8)43-24-21-19-16-13-10-2)52-44-47(54-32-26-46(4)65-54)27-30-50(52)51-31-28-48(45-53(51)64)55-34-35-58(67-55)59-38-39-62(69-59)63-41-40-61(70-63)60-37-36-57(68-60)56-33-29-49(66-56)25-22-17-14-11-3;1-3-4-5-6-7-17-9-11-19(25-17)21-13-15-23(27-21)22-14-12-20(26-22)18-10-8-16(2)24-18/h26-41,44-45H,9-25,42-43H2,1-8H3;8-15H,3-7H2,1-2H3. The third-order valence-electron chi connectivity index (χ3n) is 20.7. The van der Waals surface area contributed by atoms with Crippen molar-refractivity contribution in [3.63, 3.8) is 0 Å². The third-order valence-corrected chi connectivity index (χ3v) is 45.4. The fourth-order valence-corrected chi connectivity index (χ4v) is 40.9. The summed E-state index contributed by atoms with van der Waals surface area (Å²) in [6, 6.07) is 64.9. The molecule has 13 rings (SSSR count). The number of hydrogen-bond acceptors (Lipinski definition) is 10. The highest BCUT2D eigenvalue weighted by Crippen LogP contribution is 2.62. The first-order valence-corrected chi connectivity index (χ1v) is 52.0. The highest BCUT2D eigenvalue weighted by Gasteiger charge is 2.62. The normalized spacial score (nSPS) is 12.8. The van der Waals surface area contributed by atoms with Crippen LogP contribution in [0.1, 0.15) is 187 Å². The summed E-state index contributed by atoms with van der Waals surface area (Å²) < 4.78 is 0.115. The summed E-state index contributed by atoms with van der Waals surface area (Å²) in [5.41, 5.74) is 9.27. The van der Waals surface area contributed by atoms with Gasteiger partial charge in [0.15, 0.2) is 0 Å². The van der Waals surface area contributed by atoms with Crippen molar-refractivity contribution in [1.82, 2.24) is 0 Å². The molecule has 0 spiro atoms. The molecule has 0 saturated heterocycles. The van der Waals surface area contributed by atoms with Gasteiger partial charge in [0.2, 0.25) is 0 Å². The molecule has 0 unspecified atom stereocenters. The number of rotatable bonds is 35. The summed E-state index contributed by atoms with van der Waals surface area (Å²) in [6.45, 7) is 25.0. The molecule has 12 heteroatoms. The first-order valence-electron chi connectivity index (χ1n) is 37.4. The van der Waals surface area contributed by atoms with E-state index in [1.54, 1.807) is 11.1 Å². The second-order valence-electron chi connectivity index (χ2n) is 29.0. The zero-order valence-electron chi connectivity index (χ0n) is 60.6. The van der Waals surface area contributed by atoms with Crippen LogP contribution in [0.2, 0.25) is 38.3 Å². The van der Waals surface area contributed by atoms with Crippen LogP contribution in [0.3, 0.4) is 0 Å². The Morgan fingerprint density at radius 3 is 0.838 bits per heavy atom. The van der Waals surface area contributed by atoms with Crippen molar-refractivity contribution >= 4 is 130 Å². The van der Waals surface area contributed by atoms with Crippen LogP contribution < -0.4 is 0 Å². The molecule has 1 aliphatic carbocycles. The maximum absolute atomic E-state index is 2.84. The van der Waals surface area contributed by atoms with E-state index in [-0.39, 0.29) is 4.66 Å². The van der Waals surface area contributed by atoms with E-state index in [0.29, 0.717) is 0 Å². The molecule has 520 valence electrons. The zero-order chi connectivity index (χ0) is 68.9. The van der Waals surface area contributed by atoms with Crippen molar-refractivity contribution in [1.29, 1.82) is 0 Å². The van der Waals surface area contributed by atoms with Crippen LogP contribution in [0.4, 0.5) is 0 Å². The number of thiophene rings is 10. The molecule has 0 nitrogen and oxygen atoms in total. The Balaban J connectivity index is 0.000000286. The number of fused-ring (bicyclic) bond motifs is 3. The van der Waals surface area contributed by atoms with E-state index in [1.807, 2.05) is 113 Å². The molecule has 0 atom stereocenters. The Hall–Kier alpha value is -4.13. The van der Waals surface area contributed by atoms with Gasteiger partial charge in [-0.3, -0.25) is 0 Å². The molecular formula is C87H104S10Si2. The molecule has 2 aromatic carbocycles. The summed E-state index contributed by atoms with van der Waals surface area (Å²) in [6.07, 6.45) is 29.5. The van der Waals surface area contributed by atoms with Gasteiger partial charge in [0.1, 0.15) is 0 Å². The van der Waals surface area contributed by atoms with Gasteiger partial charge in [0.25, 0.3) is 0 Å². The van der Waals surface area contributed by atoms with Crippen LogP contribution in [-0.2, 0) is 17.5 Å². The molecule has 0 bridgehead atoms. The van der Waals surface area contributed by atoms with Crippen molar-refractivity contribution in [2.24, 2.45) is 0 Å². The Morgan fingerprint density at radius 1 is 0.253 bits per heavy atom. The first kappa shape index (κ1) is 74.6. The summed E-state index contributed by atoms with van der Waals surface area (Å²) in [7, 11) is -3.99. The second-order valence-corrected chi connectivity index (χ2v) is 51.0. The lowest BCUT2D eigenvalue weighted by Crippen LogP contribution is -2.66. The third kappa shape index (κ3) is 17.7. The quantitative estimate of drug-likeness (QED) is 0.0274. The van der Waals surface area contributed by atoms with Crippen LogP contribution in [-0.4, -0.2) is 16.1 Å². The fourth-order valence-electron chi connectivity index (χ4n) is 15.6. The van der Waals surface area contributed by atoms with Crippen LogP contribution in [0.25, 0.3) is 100 Å². The van der Waals surface area contributed by atoms with Crippen LogP contribution in [0.15, 0.2) is 158 Å². The molecule has 10 aromatic heterocycles. The SMILES string of the molecule is CCCCCCCC[Si](C)(C)C1([Si](C)(C)CCCCCCCC)c2cc(-c3ccc(C)s3)ccc2-c2ccc(-c3ccc(-c4ccc(-c5ccc(-c6ccc(-c7ccc(CCCCCC)s7)s6)s5)s4)s3)cc21.CCCCCCc1ccc(-c2ccc(-c3ccc(-c4ccc(C)s4)s3)s2)s1. The second kappa shape index (κ2) is 35.1. The Bertz CT molecular complexity index is 4450. The van der Waals surface area contributed by atoms with E-state index in [1.165, 1.54) is 273 Å². The van der Waals surface area contributed by atoms with E-state index in [4.69, 9.17) is 0 Å². The Labute approximate surface area is 637 Å². The van der Waals surface area contributed by atoms with Gasteiger partial charge in [-0.25, -0.2) is 0 Å². The van der Waals surface area contributed by atoms with Gasteiger partial charge in [-0.15, -0.1) is 113 Å². The van der Waals surface area contributed by atoms with E-state index in [0.717, 1.165) is 0 Å². The van der Waals surface area contributed by atoms with E-state index < -0.39 is 16.1 Å². The van der Waals surface area contributed by atoms with Gasteiger partial charge >= 0.3 is 0 Å². The minimum Gasteiger partial charge on any atom is -0.141 e. The van der Waals surface area contributed by atoms with Crippen molar-refractivity contribution in [2.45, 2.75) is 226 Å². The maximum atomic E-state index is 2.84. The fraction of sp³-hybridized carbons (Fsp3) is 0.402. The van der Waals surface area contributed by atoms with Crippen LogP contribution >= 0.6 is 113 Å². The molecule has 12 aromatic rings. The highest BCUT2D eigenvalue weighted by molar-refractivity contribution is 7.30. The number of benzene rings is 2. The molecule has 0 radical (unpaired) electrons. The zero-order valence-corrected chi connectivity index (χ0v) is 70.7. The monoisotopic (exact) mass is 1520 g/mol. The predicted octanol–water partition coefficient (Wildman–Crippen LogP) is 33.3. The summed E-state index contributed by atoms with van der Waals surface area (Å²) in [5, 5.41) is 0. The van der Waals surface area contributed by atoms with E-state index in [2.05, 4.69) is 225 Å². The molecule has 0 aliphatic heterocycles. The van der Waals surface area contributed by atoms with Crippen molar-refractivity contribution in [3.8, 4) is 100 Å². The van der Waals surface area contributed by atoms with Gasteiger partial charge in [-0.05, 0) is 206 Å². The van der Waals surface area contributed by atoms with Crippen molar-refractivity contribution in [3.05, 3.63) is 188 Å². The van der Waals surface area contributed by atoms with Gasteiger partial charge in [0.05, 0.1) is 16.1 Å². The van der Waals surface area contributed by atoms with Crippen molar-refractivity contribution < 1.29 is 0 Å². The summed E-state index contributed by atoms with van der Waals surface area (Å²) in [5.74, 6) is 0. The van der Waals surface area contributed by atoms with Gasteiger partial charge in [-0.2, -0.15) is 0 Å². The lowest BCUT2D eigenvalue weighted by Gasteiger charge is -2.54. The van der Waals surface area contributed by atoms with Crippen LogP contribution in [0.5, 0.6) is 0 Å². The van der Waals surface area contributed by atoms with E-state index >= 15 is 0 Å². The highest BCUT2D eigenvalue weighted by atomic mass is 32.1. The minimum absolute atomic E-state index is 0.115. The lowest BCUT2D eigenvalue weighted by molar-refractivity contribution is 0.618. The predicted molar refractivity (Wildman–Crippen MR) is 463 cm³/mol. The van der Waals surface area contributed by atoms with E-state index in [9.17, 15) is 0 Å². The van der Waals surface area contributed by atoms with Gasteiger partial charge in [-0.1, -0.05) is 206 Å². The van der Waals surface area contributed by atoms with Gasteiger partial charge in [0, 0.05) is 102 Å². The number of unbranched alkanes of at least 4 members (excludes halogenated alkanes) is 16. The maximum Gasteiger partial charge on any atom is 0.0609 e. The van der Waals surface area contributed by atoms with Crippen LogP contribution in [0, 0.1) is 13.8 Å². The molecule has 0 fully saturated rings. The average Bonchev–Trinajstić information content (AvgIpc) is 1.54. The lowest BCUT2D eigenvalue weighted by atomic mass is 10.0. The first-order chi connectivity index (χ1) is 48.2. The molecular weight excluding hydrogens is 1420 g/mol. The smallest absolute Gasteiger partial charge is 0.0609 e. The molecule has 0 saturated carbocycles. The molecule has 1 aliphatic rings. The largest absolute Gasteiger partial charge is 0.141 e. The Kier molecular flexibility index (Phi) is 26.4. The van der Waals surface area contributed by atoms with Crippen molar-refractivity contribution in [2.75, 3.05) is 0 Å². The average molecular weight is 1530 g/mol. The molecule has 10 heterocycles. The molecule has 99 heavy (non-hydrogen) atoms. The molecule has 0 N–H and O–H groups in total.